The van der Waals surface area contributed by atoms with E-state index in [1.165, 1.54) is 0 Å². The van der Waals surface area contributed by atoms with Crippen LogP contribution in [0.3, 0.4) is 0 Å². The zero-order valence-electron chi connectivity index (χ0n) is 14.7. The van der Waals surface area contributed by atoms with Gasteiger partial charge in [-0.1, -0.05) is 25.5 Å². The molecular formula is C19H31NO3. The van der Waals surface area contributed by atoms with Crippen LogP contribution in [-0.4, -0.2) is 48.5 Å². The second kappa shape index (κ2) is 9.26. The second-order valence-corrected chi connectivity index (χ2v) is 6.59. The van der Waals surface area contributed by atoms with Crippen molar-refractivity contribution in [2.24, 2.45) is 0 Å². The summed E-state index contributed by atoms with van der Waals surface area (Å²) in [7, 11) is 0. The summed E-state index contributed by atoms with van der Waals surface area (Å²) in [5.41, 5.74) is 0.960. The number of aliphatic hydroxyl groups is 1. The lowest BCUT2D eigenvalue weighted by molar-refractivity contribution is -0.0702. The van der Waals surface area contributed by atoms with Crippen molar-refractivity contribution in [2.45, 2.75) is 58.3 Å². The van der Waals surface area contributed by atoms with Crippen LogP contribution in [0, 0.1) is 0 Å². The molecule has 0 aromatic heterocycles. The molecule has 2 rings (SSSR count). The monoisotopic (exact) mass is 321 g/mol. The van der Waals surface area contributed by atoms with Crippen LogP contribution in [0.1, 0.15) is 51.7 Å². The Balaban J connectivity index is 1.77. The molecule has 1 aliphatic rings. The molecule has 3 atom stereocenters. The Morgan fingerprint density at radius 2 is 1.87 bits per heavy atom. The molecule has 1 aliphatic heterocycles. The van der Waals surface area contributed by atoms with E-state index in [2.05, 4.69) is 25.7 Å². The van der Waals surface area contributed by atoms with Crippen LogP contribution < -0.4 is 4.74 Å². The van der Waals surface area contributed by atoms with Crippen molar-refractivity contribution in [3.05, 3.63) is 29.8 Å². The maximum Gasteiger partial charge on any atom is 0.119 e. The highest BCUT2D eigenvalue weighted by molar-refractivity contribution is 5.28. The van der Waals surface area contributed by atoms with Crippen LogP contribution in [0.2, 0.25) is 0 Å². The third kappa shape index (κ3) is 6.13. The number of hydrogen-bond donors (Lipinski definition) is 1. The number of benzene rings is 1. The Kier molecular flexibility index (Phi) is 7.34. The summed E-state index contributed by atoms with van der Waals surface area (Å²) in [4.78, 5) is 2.38. The lowest BCUT2D eigenvalue weighted by Gasteiger charge is -2.35. The molecule has 4 heteroatoms. The van der Waals surface area contributed by atoms with E-state index in [1.54, 1.807) is 0 Å². The number of morpholine rings is 1. The summed E-state index contributed by atoms with van der Waals surface area (Å²) in [5, 5.41) is 10.4. The van der Waals surface area contributed by atoms with E-state index in [-0.39, 0.29) is 12.2 Å². The van der Waals surface area contributed by atoms with Crippen LogP contribution in [-0.2, 0) is 4.74 Å². The quantitative estimate of drug-likeness (QED) is 0.745. The topological polar surface area (TPSA) is 41.9 Å². The Morgan fingerprint density at radius 3 is 2.48 bits per heavy atom. The van der Waals surface area contributed by atoms with Crippen molar-refractivity contribution >= 4 is 0 Å². The number of nitrogens with zero attached hydrogens (tertiary/aromatic N) is 1. The van der Waals surface area contributed by atoms with E-state index >= 15 is 0 Å². The van der Waals surface area contributed by atoms with Gasteiger partial charge in [-0.15, -0.1) is 0 Å². The molecule has 130 valence electrons. The van der Waals surface area contributed by atoms with Crippen LogP contribution in [0.4, 0.5) is 0 Å². The van der Waals surface area contributed by atoms with Crippen molar-refractivity contribution < 1.29 is 14.6 Å². The molecule has 1 saturated heterocycles. The van der Waals surface area contributed by atoms with Crippen molar-refractivity contribution in [1.29, 1.82) is 0 Å². The molecule has 23 heavy (non-hydrogen) atoms. The molecule has 0 saturated carbocycles. The minimum atomic E-state index is -0.423. The van der Waals surface area contributed by atoms with Gasteiger partial charge in [0, 0.05) is 19.6 Å². The fraction of sp³-hybridized carbons (Fsp3) is 0.684. The first-order valence-electron chi connectivity index (χ1n) is 8.87. The first-order chi connectivity index (χ1) is 11.1. The SMILES string of the molecule is CCCCOc1ccc(C(O)CCN2CC(C)OC(C)C2)cc1. The van der Waals surface area contributed by atoms with E-state index in [4.69, 9.17) is 9.47 Å². The van der Waals surface area contributed by atoms with E-state index in [9.17, 15) is 5.11 Å². The number of aliphatic hydroxyl groups excluding tert-OH is 1. The Bertz CT molecular complexity index is 438. The van der Waals surface area contributed by atoms with Gasteiger partial charge in [-0.3, -0.25) is 4.90 Å². The Labute approximate surface area is 140 Å². The summed E-state index contributed by atoms with van der Waals surface area (Å²) in [6, 6.07) is 7.84. The zero-order chi connectivity index (χ0) is 16.7. The largest absolute Gasteiger partial charge is 0.494 e. The maximum atomic E-state index is 10.4. The van der Waals surface area contributed by atoms with E-state index in [0.717, 1.165) is 56.8 Å². The molecule has 1 N–H and O–H groups in total. The maximum absolute atomic E-state index is 10.4. The molecular weight excluding hydrogens is 290 g/mol. The molecule has 1 fully saturated rings. The zero-order valence-corrected chi connectivity index (χ0v) is 14.7. The first-order valence-corrected chi connectivity index (χ1v) is 8.87. The highest BCUT2D eigenvalue weighted by atomic mass is 16.5. The van der Waals surface area contributed by atoms with Gasteiger partial charge in [0.25, 0.3) is 0 Å². The molecule has 0 radical (unpaired) electrons. The van der Waals surface area contributed by atoms with Crippen molar-refractivity contribution in [3.63, 3.8) is 0 Å². The normalized spacial score (nSPS) is 23.7. The first kappa shape index (κ1) is 18.2. The third-order valence-electron chi connectivity index (χ3n) is 4.25. The molecule has 1 aromatic rings. The number of hydrogen-bond acceptors (Lipinski definition) is 4. The summed E-state index contributed by atoms with van der Waals surface area (Å²) in [6.07, 6.45) is 3.07. The van der Waals surface area contributed by atoms with Crippen LogP contribution in [0.25, 0.3) is 0 Å². The summed E-state index contributed by atoms with van der Waals surface area (Å²) in [6.45, 7) is 9.91. The number of rotatable bonds is 8. The molecule has 0 aliphatic carbocycles. The van der Waals surface area contributed by atoms with Gasteiger partial charge in [0.2, 0.25) is 0 Å². The Hall–Kier alpha value is -1.10. The average Bonchev–Trinajstić information content (AvgIpc) is 2.53. The predicted octanol–water partition coefficient (Wildman–Crippen LogP) is 3.40. The third-order valence-corrected chi connectivity index (χ3v) is 4.25. The molecule has 1 heterocycles. The van der Waals surface area contributed by atoms with Crippen LogP contribution in [0.5, 0.6) is 5.75 Å². The highest BCUT2D eigenvalue weighted by Crippen LogP contribution is 2.21. The second-order valence-electron chi connectivity index (χ2n) is 6.59. The van der Waals surface area contributed by atoms with Gasteiger partial charge >= 0.3 is 0 Å². The summed E-state index contributed by atoms with van der Waals surface area (Å²) in [5.74, 6) is 0.880. The molecule has 4 nitrogen and oxygen atoms in total. The smallest absolute Gasteiger partial charge is 0.119 e. The van der Waals surface area contributed by atoms with Crippen molar-refractivity contribution in [2.75, 3.05) is 26.2 Å². The summed E-state index contributed by atoms with van der Waals surface area (Å²) >= 11 is 0. The molecule has 0 spiro atoms. The molecule has 1 aromatic carbocycles. The van der Waals surface area contributed by atoms with E-state index in [0.29, 0.717) is 0 Å². The van der Waals surface area contributed by atoms with E-state index < -0.39 is 6.10 Å². The van der Waals surface area contributed by atoms with Crippen molar-refractivity contribution in [1.82, 2.24) is 4.90 Å². The van der Waals surface area contributed by atoms with Gasteiger partial charge < -0.3 is 14.6 Å². The van der Waals surface area contributed by atoms with Crippen LogP contribution >= 0.6 is 0 Å². The predicted molar refractivity (Wildman–Crippen MR) is 92.9 cm³/mol. The van der Waals surface area contributed by atoms with E-state index in [1.807, 2.05) is 24.3 Å². The minimum absolute atomic E-state index is 0.274. The van der Waals surface area contributed by atoms with Gasteiger partial charge in [0.15, 0.2) is 0 Å². The fourth-order valence-electron chi connectivity index (χ4n) is 3.06. The lowest BCUT2D eigenvalue weighted by atomic mass is 10.1. The molecule has 0 bridgehead atoms. The Morgan fingerprint density at radius 1 is 1.22 bits per heavy atom. The minimum Gasteiger partial charge on any atom is -0.494 e. The highest BCUT2D eigenvalue weighted by Gasteiger charge is 2.22. The van der Waals surface area contributed by atoms with Gasteiger partial charge in [-0.2, -0.15) is 0 Å². The van der Waals surface area contributed by atoms with Gasteiger partial charge in [0.05, 0.1) is 24.9 Å². The van der Waals surface area contributed by atoms with Gasteiger partial charge in [-0.05, 0) is 44.4 Å². The molecule has 0 amide bonds. The van der Waals surface area contributed by atoms with Crippen LogP contribution in [0.15, 0.2) is 24.3 Å². The number of unbranched alkanes of at least 4 members (excludes halogenated alkanes) is 1. The summed E-state index contributed by atoms with van der Waals surface area (Å²) < 4.78 is 11.4. The number of ether oxygens (including phenoxy) is 2. The standard InChI is InChI=1S/C19H31NO3/c1-4-5-12-22-18-8-6-17(7-9-18)19(21)10-11-20-13-15(2)23-16(3)14-20/h6-9,15-16,19,21H,4-5,10-14H2,1-3H3. The van der Waals surface area contributed by atoms with Gasteiger partial charge in [-0.25, -0.2) is 0 Å². The van der Waals surface area contributed by atoms with Gasteiger partial charge in [0.1, 0.15) is 5.75 Å². The fourth-order valence-corrected chi connectivity index (χ4v) is 3.06. The van der Waals surface area contributed by atoms with Crippen molar-refractivity contribution in [3.8, 4) is 5.75 Å². The lowest BCUT2D eigenvalue weighted by Crippen LogP contribution is -2.45. The molecule has 3 unspecified atom stereocenters. The average molecular weight is 321 g/mol.